The van der Waals surface area contributed by atoms with Crippen molar-refractivity contribution < 1.29 is 14.5 Å². The van der Waals surface area contributed by atoms with Crippen LogP contribution in [0.3, 0.4) is 0 Å². The van der Waals surface area contributed by atoms with E-state index in [1.54, 1.807) is 26.0 Å². The maximum atomic E-state index is 11.6. The summed E-state index contributed by atoms with van der Waals surface area (Å²) in [7, 11) is 1.29. The molecule has 0 aliphatic rings. The Hall–Kier alpha value is -1.08. The smallest absolute Gasteiger partial charge is 0.321 e. The van der Waals surface area contributed by atoms with Crippen molar-refractivity contribution in [3.05, 3.63) is 32.8 Å². The van der Waals surface area contributed by atoms with Crippen LogP contribution in [0.4, 0.5) is 5.69 Å². The molecular formula is C11H12BrNO4S. The molecular weight excluding hydrogens is 322 g/mol. The molecule has 0 aliphatic carbocycles. The molecule has 7 heteroatoms. The van der Waals surface area contributed by atoms with Crippen LogP contribution in [0, 0.1) is 10.1 Å². The minimum atomic E-state index is -0.889. The molecule has 0 atom stereocenters. The number of nitro benzene ring substituents is 1. The Kier molecular flexibility index (Phi) is 4.75. The van der Waals surface area contributed by atoms with Crippen molar-refractivity contribution >= 4 is 39.3 Å². The quantitative estimate of drug-likeness (QED) is 0.365. The number of carbonyl (C=O) groups excluding carboxylic acids is 1. The van der Waals surface area contributed by atoms with Crippen molar-refractivity contribution in [3.8, 4) is 0 Å². The normalized spacial score (nSPS) is 11.1. The van der Waals surface area contributed by atoms with Gasteiger partial charge >= 0.3 is 5.97 Å². The van der Waals surface area contributed by atoms with Gasteiger partial charge in [-0.2, -0.15) is 0 Å². The van der Waals surface area contributed by atoms with Gasteiger partial charge in [0.25, 0.3) is 5.69 Å². The van der Waals surface area contributed by atoms with Crippen LogP contribution in [0.15, 0.2) is 27.6 Å². The number of rotatable bonds is 4. The number of esters is 1. The highest BCUT2D eigenvalue weighted by atomic mass is 79.9. The van der Waals surface area contributed by atoms with E-state index in [9.17, 15) is 14.9 Å². The van der Waals surface area contributed by atoms with Gasteiger partial charge in [-0.1, -0.05) is 15.9 Å². The van der Waals surface area contributed by atoms with Crippen molar-refractivity contribution in [2.45, 2.75) is 23.5 Å². The molecule has 0 bridgehead atoms. The number of thioether (sulfide) groups is 1. The first-order valence-corrected chi connectivity index (χ1v) is 6.60. The zero-order valence-electron chi connectivity index (χ0n) is 10.1. The van der Waals surface area contributed by atoms with E-state index < -0.39 is 15.6 Å². The fourth-order valence-corrected chi connectivity index (χ4v) is 2.94. The number of halogens is 1. The zero-order valence-corrected chi connectivity index (χ0v) is 12.5. The molecule has 98 valence electrons. The molecule has 0 N–H and O–H groups in total. The van der Waals surface area contributed by atoms with Crippen molar-refractivity contribution in [2.24, 2.45) is 0 Å². The first kappa shape index (κ1) is 15.0. The predicted molar refractivity (Wildman–Crippen MR) is 72.7 cm³/mol. The van der Waals surface area contributed by atoms with Gasteiger partial charge in [0.1, 0.15) is 4.75 Å². The second kappa shape index (κ2) is 5.71. The minimum Gasteiger partial charge on any atom is -0.468 e. The molecule has 0 saturated carbocycles. The molecule has 0 fully saturated rings. The van der Waals surface area contributed by atoms with Gasteiger partial charge in [0.15, 0.2) is 0 Å². The van der Waals surface area contributed by atoms with E-state index in [4.69, 9.17) is 0 Å². The Morgan fingerprint density at radius 3 is 2.61 bits per heavy atom. The monoisotopic (exact) mass is 333 g/mol. The van der Waals surface area contributed by atoms with Gasteiger partial charge in [0.05, 0.1) is 16.9 Å². The van der Waals surface area contributed by atoms with Crippen molar-refractivity contribution in [1.82, 2.24) is 0 Å². The van der Waals surface area contributed by atoms with Gasteiger partial charge < -0.3 is 4.74 Å². The lowest BCUT2D eigenvalue weighted by molar-refractivity contribution is -0.387. The standard InChI is InChI=1S/C11H12BrNO4S/c1-11(2,10(14)17-3)18-9-6-7(12)4-5-8(9)13(15)16/h4-6H,1-3H3. The maximum Gasteiger partial charge on any atom is 0.321 e. The first-order valence-electron chi connectivity index (χ1n) is 4.99. The largest absolute Gasteiger partial charge is 0.468 e. The Morgan fingerprint density at radius 2 is 2.11 bits per heavy atom. The lowest BCUT2D eigenvalue weighted by Crippen LogP contribution is -2.29. The van der Waals surface area contributed by atoms with Crippen molar-refractivity contribution in [1.29, 1.82) is 0 Å². The van der Waals surface area contributed by atoms with Crippen LogP contribution in [-0.2, 0) is 9.53 Å². The summed E-state index contributed by atoms with van der Waals surface area (Å²) in [5, 5.41) is 10.9. The van der Waals surface area contributed by atoms with Gasteiger partial charge in [-0.25, -0.2) is 0 Å². The lowest BCUT2D eigenvalue weighted by Gasteiger charge is -2.20. The van der Waals surface area contributed by atoms with E-state index in [0.29, 0.717) is 4.90 Å². The molecule has 0 unspecified atom stereocenters. The Bertz CT molecular complexity index is 490. The average Bonchev–Trinajstić information content (AvgIpc) is 2.26. The topological polar surface area (TPSA) is 69.4 Å². The van der Waals surface area contributed by atoms with Crippen LogP contribution in [0.2, 0.25) is 0 Å². The van der Waals surface area contributed by atoms with Gasteiger partial charge in [0.2, 0.25) is 0 Å². The summed E-state index contributed by atoms with van der Waals surface area (Å²) in [5.41, 5.74) is -0.0276. The summed E-state index contributed by atoms with van der Waals surface area (Å²) in [5.74, 6) is -0.429. The lowest BCUT2D eigenvalue weighted by atomic mass is 10.2. The highest BCUT2D eigenvalue weighted by molar-refractivity contribution is 9.10. The Labute approximate surface area is 117 Å². The molecule has 0 spiro atoms. The van der Waals surface area contributed by atoms with E-state index in [-0.39, 0.29) is 5.69 Å². The summed E-state index contributed by atoms with van der Waals surface area (Å²) >= 11 is 4.36. The van der Waals surface area contributed by atoms with Crippen LogP contribution in [-0.4, -0.2) is 22.7 Å². The molecule has 0 saturated heterocycles. The van der Waals surface area contributed by atoms with Crippen LogP contribution in [0.25, 0.3) is 0 Å². The van der Waals surface area contributed by atoms with E-state index in [1.165, 1.54) is 13.2 Å². The van der Waals surface area contributed by atoms with Crippen LogP contribution in [0.1, 0.15) is 13.8 Å². The molecule has 0 aromatic heterocycles. The van der Waals surface area contributed by atoms with Crippen LogP contribution >= 0.6 is 27.7 Å². The van der Waals surface area contributed by atoms with E-state index in [2.05, 4.69) is 20.7 Å². The molecule has 18 heavy (non-hydrogen) atoms. The molecule has 0 heterocycles. The van der Waals surface area contributed by atoms with E-state index in [1.807, 2.05) is 0 Å². The number of hydrogen-bond acceptors (Lipinski definition) is 5. The summed E-state index contributed by atoms with van der Waals surface area (Å²) in [6.07, 6.45) is 0. The number of methoxy groups -OCH3 is 1. The second-order valence-electron chi connectivity index (χ2n) is 3.97. The molecule has 5 nitrogen and oxygen atoms in total. The third-order valence-electron chi connectivity index (χ3n) is 2.16. The van der Waals surface area contributed by atoms with Gasteiger partial charge in [0, 0.05) is 10.5 Å². The second-order valence-corrected chi connectivity index (χ2v) is 6.55. The Morgan fingerprint density at radius 1 is 1.50 bits per heavy atom. The summed E-state index contributed by atoms with van der Waals surface area (Å²) < 4.78 is 4.51. The van der Waals surface area contributed by atoms with Crippen molar-refractivity contribution in [3.63, 3.8) is 0 Å². The number of ether oxygens (including phenoxy) is 1. The summed E-state index contributed by atoms with van der Waals surface area (Å²) in [6, 6.07) is 4.61. The predicted octanol–water partition coefficient (Wildman–Crippen LogP) is 3.40. The molecule has 1 rings (SSSR count). The SMILES string of the molecule is COC(=O)C(C)(C)Sc1cc(Br)ccc1[N+](=O)[O-]. The number of carbonyl (C=O) groups is 1. The van der Waals surface area contributed by atoms with Gasteiger partial charge in [-0.05, 0) is 26.0 Å². The number of nitrogens with zero attached hydrogens (tertiary/aromatic N) is 1. The molecule has 1 aromatic rings. The Balaban J connectivity index is 3.13. The molecule has 0 amide bonds. The fourth-order valence-electron chi connectivity index (χ4n) is 1.28. The molecule has 1 aromatic carbocycles. The summed E-state index contributed by atoms with van der Waals surface area (Å²) in [4.78, 5) is 22.4. The number of hydrogen-bond donors (Lipinski definition) is 0. The highest BCUT2D eigenvalue weighted by Crippen LogP contribution is 2.39. The van der Waals surface area contributed by atoms with Crippen LogP contribution < -0.4 is 0 Å². The zero-order chi connectivity index (χ0) is 13.9. The highest BCUT2D eigenvalue weighted by Gasteiger charge is 2.32. The first-order chi connectivity index (χ1) is 8.27. The molecule has 0 radical (unpaired) electrons. The maximum absolute atomic E-state index is 11.6. The van der Waals surface area contributed by atoms with E-state index >= 15 is 0 Å². The molecule has 0 aliphatic heterocycles. The fraction of sp³-hybridized carbons (Fsp3) is 0.364. The van der Waals surface area contributed by atoms with Gasteiger partial charge in [-0.3, -0.25) is 14.9 Å². The minimum absolute atomic E-state index is 0.0276. The summed E-state index contributed by atoms with van der Waals surface area (Å²) in [6.45, 7) is 3.32. The van der Waals surface area contributed by atoms with Crippen molar-refractivity contribution in [2.75, 3.05) is 7.11 Å². The van der Waals surface area contributed by atoms with Gasteiger partial charge in [-0.15, -0.1) is 11.8 Å². The van der Waals surface area contributed by atoms with Crippen LogP contribution in [0.5, 0.6) is 0 Å². The number of nitro groups is 1. The average molecular weight is 334 g/mol. The van der Waals surface area contributed by atoms with E-state index in [0.717, 1.165) is 16.2 Å². The number of benzene rings is 1. The third-order valence-corrected chi connectivity index (χ3v) is 3.88. The third kappa shape index (κ3) is 3.46.